The molecule has 4 heavy (non-hydrogen) atoms. The van der Waals surface area contributed by atoms with Crippen molar-refractivity contribution < 1.29 is 4.52 Å². The van der Waals surface area contributed by atoms with Gasteiger partial charge in [-0.25, -0.2) is 0 Å². The van der Waals surface area contributed by atoms with E-state index in [1.807, 2.05) is 0 Å². The fraction of sp³-hybridized carbons (Fsp3) is 1.00. The molecule has 0 rings (SSSR count). The zero-order valence-corrected chi connectivity index (χ0v) is 4.53. The van der Waals surface area contributed by atoms with Crippen molar-refractivity contribution in [3.63, 3.8) is 0 Å². The monoisotopic (exact) mass is 80.0 g/mol. The first kappa shape index (κ1) is 4.39. The van der Waals surface area contributed by atoms with Crippen LogP contribution in [-0.4, -0.2) is 13.8 Å². The Hall–Kier alpha value is 0.390. The van der Waals surface area contributed by atoms with Crippen molar-refractivity contribution in [3.8, 4) is 0 Å². The fourth-order valence-electron chi connectivity index (χ4n) is 0. The Labute approximate surface area is 28.2 Å². The van der Waals surface area contributed by atoms with Gasteiger partial charge in [-0.05, 0) is 0 Å². The van der Waals surface area contributed by atoms with Crippen molar-refractivity contribution in [2.24, 2.45) is 0 Å². The summed E-state index contributed by atoms with van der Waals surface area (Å²) < 4.78 is 4.68. The van der Waals surface area contributed by atoms with Crippen LogP contribution >= 0.6 is 8.81 Å². The summed E-state index contributed by atoms with van der Waals surface area (Å²) in [7, 11) is 1.67. The minimum atomic E-state index is -0.0756. The van der Waals surface area contributed by atoms with Crippen LogP contribution in [-0.2, 0) is 4.52 Å². The first-order valence-corrected chi connectivity index (χ1v) is 3.40. The molecule has 0 atom stereocenters. The summed E-state index contributed by atoms with van der Waals surface area (Å²) in [4.78, 5) is 0. The number of hydrogen-bond acceptors (Lipinski definition) is 1. The van der Waals surface area contributed by atoms with Crippen molar-refractivity contribution in [3.05, 3.63) is 0 Å². The molecule has 0 N–H and O–H groups in total. The summed E-state index contributed by atoms with van der Waals surface area (Å²) in [6, 6.07) is 0. The standard InChI is InChI=1S/C2H9OP/c1-3-4-2/h1-2,4H3. The van der Waals surface area contributed by atoms with E-state index >= 15 is 0 Å². The van der Waals surface area contributed by atoms with Gasteiger partial charge < -0.3 is 0 Å². The Morgan fingerprint density at radius 2 is 2.00 bits per heavy atom. The van der Waals surface area contributed by atoms with Crippen molar-refractivity contribution in [2.75, 3.05) is 13.8 Å². The summed E-state index contributed by atoms with van der Waals surface area (Å²) >= 11 is 0. The summed E-state index contributed by atoms with van der Waals surface area (Å²) in [5.41, 5.74) is 0. The van der Waals surface area contributed by atoms with Crippen LogP contribution in [0.15, 0.2) is 0 Å². The van der Waals surface area contributed by atoms with Crippen LogP contribution in [0, 0.1) is 0 Å². The van der Waals surface area contributed by atoms with E-state index in [0.29, 0.717) is 0 Å². The quantitative estimate of drug-likeness (QED) is 0.412. The fourth-order valence-corrected chi connectivity index (χ4v) is 0. The van der Waals surface area contributed by atoms with Crippen LogP contribution in [0.4, 0.5) is 0 Å². The Morgan fingerprint density at radius 3 is 2.00 bits per heavy atom. The van der Waals surface area contributed by atoms with Gasteiger partial charge in [0.2, 0.25) is 0 Å². The summed E-state index contributed by atoms with van der Waals surface area (Å²) in [6.07, 6.45) is 0. The van der Waals surface area contributed by atoms with Crippen molar-refractivity contribution >= 4 is 8.81 Å². The third kappa shape index (κ3) is 2.39. The summed E-state index contributed by atoms with van der Waals surface area (Å²) in [5.74, 6) is 0. The summed E-state index contributed by atoms with van der Waals surface area (Å²) in [6.45, 7) is 2.10. The first-order chi connectivity index (χ1) is 1.91. The Kier molecular flexibility index (Phi) is 3.72. The van der Waals surface area contributed by atoms with E-state index in [4.69, 9.17) is 0 Å². The maximum atomic E-state index is 4.68. The second-order valence-electron chi connectivity index (χ2n) is 0.577. The molecule has 0 aliphatic heterocycles. The molecule has 0 radical (unpaired) electrons. The van der Waals surface area contributed by atoms with Gasteiger partial charge in [0.1, 0.15) is 0 Å². The van der Waals surface area contributed by atoms with Crippen molar-refractivity contribution in [1.82, 2.24) is 0 Å². The predicted octanol–water partition coefficient (Wildman–Crippen LogP) is 0.321. The molecule has 0 fully saturated rings. The molecule has 1 nitrogen and oxygen atoms in total. The molecule has 0 aliphatic carbocycles. The second kappa shape index (κ2) is 3.39. The number of rotatable bonds is 1. The Balaban J connectivity index is 1.97. The molecule has 0 unspecified atom stereocenters. The van der Waals surface area contributed by atoms with Gasteiger partial charge in [-0.2, -0.15) is 0 Å². The van der Waals surface area contributed by atoms with Crippen LogP contribution in [0.3, 0.4) is 0 Å². The van der Waals surface area contributed by atoms with Crippen molar-refractivity contribution in [1.29, 1.82) is 0 Å². The van der Waals surface area contributed by atoms with Gasteiger partial charge in [0.25, 0.3) is 0 Å². The molecule has 0 bridgehead atoms. The molecule has 0 heterocycles. The van der Waals surface area contributed by atoms with Crippen LogP contribution in [0.2, 0.25) is 0 Å². The predicted molar refractivity (Wildman–Crippen MR) is 24.0 cm³/mol. The average Bonchev–Trinajstić information content (AvgIpc) is 1.37. The molecule has 2 heteroatoms. The van der Waals surface area contributed by atoms with Crippen molar-refractivity contribution in [2.45, 2.75) is 0 Å². The molecule has 0 aromatic rings. The van der Waals surface area contributed by atoms with Gasteiger partial charge in [0.05, 0.1) is 0 Å². The van der Waals surface area contributed by atoms with Crippen LogP contribution in [0.1, 0.15) is 0 Å². The molecule has 0 saturated carbocycles. The van der Waals surface area contributed by atoms with Gasteiger partial charge in [-0.15, -0.1) is 0 Å². The Morgan fingerprint density at radius 1 is 1.75 bits per heavy atom. The minimum absolute atomic E-state index is 0.0756. The van der Waals surface area contributed by atoms with E-state index < -0.39 is 0 Å². The molecule has 0 amide bonds. The SMILES string of the molecule is CO[PH3]C. The van der Waals surface area contributed by atoms with E-state index in [0.717, 1.165) is 0 Å². The zero-order valence-electron chi connectivity index (χ0n) is 3.12. The van der Waals surface area contributed by atoms with Gasteiger partial charge >= 0.3 is 27.1 Å². The van der Waals surface area contributed by atoms with E-state index in [-0.39, 0.29) is 8.81 Å². The molecule has 0 spiro atoms. The molecule has 0 aromatic carbocycles. The summed E-state index contributed by atoms with van der Waals surface area (Å²) in [5, 5.41) is 0. The number of hydrogen-bond donors (Lipinski definition) is 0. The molecule has 0 aromatic heterocycles. The molecular formula is C2H9OP. The second-order valence-corrected chi connectivity index (χ2v) is 1.73. The molecular weight excluding hydrogens is 71.0 g/mol. The van der Waals surface area contributed by atoms with Crippen LogP contribution in [0.25, 0.3) is 0 Å². The van der Waals surface area contributed by atoms with Gasteiger partial charge in [0.15, 0.2) is 0 Å². The van der Waals surface area contributed by atoms with Gasteiger partial charge in [-0.3, -0.25) is 0 Å². The zero-order chi connectivity index (χ0) is 3.41. The first-order valence-electron chi connectivity index (χ1n) is 1.40. The molecule has 0 aliphatic rings. The maximum absolute atomic E-state index is 4.68. The molecule has 0 saturated heterocycles. The molecule has 28 valence electrons. The third-order valence-corrected chi connectivity index (χ3v) is 0.866. The normalized spacial score (nSPS) is 8.50. The van der Waals surface area contributed by atoms with E-state index in [1.54, 1.807) is 7.11 Å². The topological polar surface area (TPSA) is 9.23 Å². The van der Waals surface area contributed by atoms with Gasteiger partial charge in [0, 0.05) is 0 Å². The van der Waals surface area contributed by atoms with Gasteiger partial charge in [-0.1, -0.05) is 0 Å². The van der Waals surface area contributed by atoms with E-state index in [9.17, 15) is 0 Å². The van der Waals surface area contributed by atoms with E-state index in [1.165, 1.54) is 0 Å². The Bertz CT molecular complexity index is 8.00. The average molecular weight is 80.1 g/mol. The third-order valence-electron chi connectivity index (χ3n) is 0.289. The van der Waals surface area contributed by atoms with E-state index in [2.05, 4.69) is 11.2 Å². The van der Waals surface area contributed by atoms with Crippen LogP contribution < -0.4 is 0 Å². The van der Waals surface area contributed by atoms with Crippen LogP contribution in [0.5, 0.6) is 0 Å².